The lowest BCUT2D eigenvalue weighted by Gasteiger charge is -2.06. The zero-order valence-corrected chi connectivity index (χ0v) is 9.95. The van der Waals surface area contributed by atoms with E-state index in [1.807, 2.05) is 6.92 Å². The Morgan fingerprint density at radius 3 is 2.82 bits per heavy atom. The minimum atomic E-state index is -0.589. The molecule has 0 saturated carbocycles. The van der Waals surface area contributed by atoms with E-state index in [2.05, 4.69) is 10.6 Å². The number of carbonyl (C=O) groups excluding carboxylic acids is 1. The highest BCUT2D eigenvalue weighted by molar-refractivity contribution is 6.31. The Hall–Kier alpha value is -1.66. The number of rotatable bonds is 5. The van der Waals surface area contributed by atoms with Gasteiger partial charge in [0, 0.05) is 11.1 Å². The van der Waals surface area contributed by atoms with Crippen LogP contribution in [0.4, 0.5) is 11.4 Å². The molecule has 0 saturated heterocycles. The van der Waals surface area contributed by atoms with E-state index in [0.29, 0.717) is 6.54 Å². The normalized spacial score (nSPS) is 10.0. The van der Waals surface area contributed by atoms with Crippen LogP contribution in [0.5, 0.6) is 0 Å². The first-order valence-corrected chi connectivity index (χ1v) is 5.37. The molecule has 17 heavy (non-hydrogen) atoms. The minimum absolute atomic E-state index is 0.107. The maximum Gasteiger partial charge on any atom is 0.294 e. The van der Waals surface area contributed by atoms with Crippen molar-refractivity contribution >= 4 is 28.9 Å². The van der Waals surface area contributed by atoms with Gasteiger partial charge in [0.25, 0.3) is 5.69 Å². The van der Waals surface area contributed by atoms with Crippen LogP contribution in [0.3, 0.4) is 0 Å². The Labute approximate surface area is 103 Å². The topological polar surface area (TPSA) is 84.3 Å². The molecule has 0 fully saturated rings. The van der Waals surface area contributed by atoms with Crippen molar-refractivity contribution in [2.45, 2.75) is 6.92 Å². The number of hydrogen-bond donors (Lipinski definition) is 2. The highest BCUT2D eigenvalue weighted by Crippen LogP contribution is 2.27. The van der Waals surface area contributed by atoms with Crippen LogP contribution in [0.1, 0.15) is 6.92 Å². The average molecular weight is 258 g/mol. The summed E-state index contributed by atoms with van der Waals surface area (Å²) in [6.45, 7) is 2.62. The quantitative estimate of drug-likeness (QED) is 0.622. The minimum Gasteiger partial charge on any atom is -0.319 e. The highest BCUT2D eigenvalue weighted by atomic mass is 35.5. The molecule has 1 aromatic carbocycles. The maximum absolute atomic E-state index is 11.4. The Morgan fingerprint density at radius 2 is 2.24 bits per heavy atom. The van der Waals surface area contributed by atoms with E-state index in [1.54, 1.807) is 0 Å². The number of halogens is 1. The molecule has 0 aliphatic rings. The molecule has 1 aromatic rings. The van der Waals surface area contributed by atoms with Crippen LogP contribution >= 0.6 is 11.6 Å². The van der Waals surface area contributed by atoms with Crippen LogP contribution in [0.15, 0.2) is 18.2 Å². The summed E-state index contributed by atoms with van der Waals surface area (Å²) in [5.41, 5.74) is -0.0790. The van der Waals surface area contributed by atoms with Gasteiger partial charge in [-0.05, 0) is 18.7 Å². The third-order valence-electron chi connectivity index (χ3n) is 1.97. The number of likely N-dealkylation sites (N-methyl/N-ethyl adjacent to an activating group) is 1. The van der Waals surface area contributed by atoms with E-state index >= 15 is 0 Å². The predicted molar refractivity (Wildman–Crippen MR) is 65.3 cm³/mol. The molecular weight excluding hydrogens is 246 g/mol. The van der Waals surface area contributed by atoms with Gasteiger partial charge in [0.2, 0.25) is 5.91 Å². The Kier molecular flexibility index (Phi) is 4.86. The van der Waals surface area contributed by atoms with Crippen LogP contribution in [0, 0.1) is 10.1 Å². The highest BCUT2D eigenvalue weighted by Gasteiger charge is 2.15. The van der Waals surface area contributed by atoms with Crippen molar-refractivity contribution in [2.75, 3.05) is 18.4 Å². The monoisotopic (exact) mass is 257 g/mol. The third-order valence-corrected chi connectivity index (χ3v) is 2.20. The van der Waals surface area contributed by atoms with Gasteiger partial charge in [-0.3, -0.25) is 14.9 Å². The van der Waals surface area contributed by atoms with E-state index in [1.165, 1.54) is 18.2 Å². The lowest BCUT2D eigenvalue weighted by atomic mass is 10.2. The van der Waals surface area contributed by atoms with E-state index in [4.69, 9.17) is 11.6 Å². The van der Waals surface area contributed by atoms with Crippen LogP contribution < -0.4 is 10.6 Å². The van der Waals surface area contributed by atoms with Gasteiger partial charge in [0.05, 0.1) is 11.5 Å². The summed E-state index contributed by atoms with van der Waals surface area (Å²) in [5, 5.41) is 16.3. The predicted octanol–water partition coefficient (Wildman–Crippen LogP) is 1.80. The molecular formula is C10H12ClN3O3. The molecule has 6 nitrogen and oxygen atoms in total. The van der Waals surface area contributed by atoms with Crippen molar-refractivity contribution in [2.24, 2.45) is 0 Å². The fourth-order valence-electron chi connectivity index (χ4n) is 1.19. The number of hydrogen-bond acceptors (Lipinski definition) is 4. The van der Waals surface area contributed by atoms with Crippen molar-refractivity contribution in [1.29, 1.82) is 0 Å². The number of amides is 1. The summed E-state index contributed by atoms with van der Waals surface area (Å²) in [6, 6.07) is 4.09. The molecule has 0 aliphatic carbocycles. The molecule has 0 aliphatic heterocycles. The van der Waals surface area contributed by atoms with Gasteiger partial charge in [-0.15, -0.1) is 0 Å². The lowest BCUT2D eigenvalue weighted by Crippen LogP contribution is -2.27. The van der Waals surface area contributed by atoms with Gasteiger partial charge >= 0.3 is 0 Å². The first-order valence-electron chi connectivity index (χ1n) is 4.99. The zero-order chi connectivity index (χ0) is 12.8. The molecule has 0 bridgehead atoms. The molecule has 0 spiro atoms. The van der Waals surface area contributed by atoms with Gasteiger partial charge in [-0.25, -0.2) is 0 Å². The molecule has 92 valence electrons. The van der Waals surface area contributed by atoms with Crippen LogP contribution in [0.2, 0.25) is 5.02 Å². The average Bonchev–Trinajstić information content (AvgIpc) is 2.28. The zero-order valence-electron chi connectivity index (χ0n) is 9.20. The van der Waals surface area contributed by atoms with Crippen molar-refractivity contribution in [3.63, 3.8) is 0 Å². The molecule has 7 heteroatoms. The van der Waals surface area contributed by atoms with Crippen molar-refractivity contribution in [3.8, 4) is 0 Å². The summed E-state index contributed by atoms with van der Waals surface area (Å²) in [4.78, 5) is 21.6. The summed E-state index contributed by atoms with van der Waals surface area (Å²) >= 11 is 5.65. The van der Waals surface area contributed by atoms with Gasteiger partial charge < -0.3 is 10.6 Å². The largest absolute Gasteiger partial charge is 0.319 e. The summed E-state index contributed by atoms with van der Waals surface area (Å²) in [5.74, 6) is -0.336. The second-order valence-corrected chi connectivity index (χ2v) is 3.68. The number of nitrogens with zero attached hydrogens (tertiary/aromatic N) is 1. The van der Waals surface area contributed by atoms with Crippen LogP contribution in [-0.4, -0.2) is 23.9 Å². The molecule has 0 radical (unpaired) electrons. The maximum atomic E-state index is 11.4. The second kappa shape index (κ2) is 6.17. The van der Waals surface area contributed by atoms with Crippen molar-refractivity contribution in [1.82, 2.24) is 5.32 Å². The standard InChI is InChI=1S/C10H12ClN3O3/c1-2-12-6-10(15)13-8-4-3-7(11)5-9(8)14(16)17/h3-5,12H,2,6H2,1H3,(H,13,15). The number of nitro benzene ring substituents is 1. The summed E-state index contributed by atoms with van der Waals surface area (Å²) in [7, 11) is 0. The van der Waals surface area contributed by atoms with E-state index in [0.717, 1.165) is 0 Å². The molecule has 1 rings (SSSR count). The molecule has 0 heterocycles. The second-order valence-electron chi connectivity index (χ2n) is 3.25. The summed E-state index contributed by atoms with van der Waals surface area (Å²) in [6.07, 6.45) is 0. The number of carbonyl (C=O) groups is 1. The van der Waals surface area contributed by atoms with E-state index in [9.17, 15) is 14.9 Å². The smallest absolute Gasteiger partial charge is 0.294 e. The summed E-state index contributed by atoms with van der Waals surface area (Å²) < 4.78 is 0. The lowest BCUT2D eigenvalue weighted by molar-refractivity contribution is -0.383. The third kappa shape index (κ3) is 4.01. The Morgan fingerprint density at radius 1 is 1.53 bits per heavy atom. The number of benzene rings is 1. The molecule has 0 aromatic heterocycles. The molecule has 2 N–H and O–H groups in total. The first kappa shape index (κ1) is 13.4. The Balaban J connectivity index is 2.83. The SMILES string of the molecule is CCNCC(=O)Nc1ccc(Cl)cc1[N+](=O)[O-]. The number of nitrogens with one attached hydrogen (secondary N) is 2. The Bertz CT molecular complexity index is 437. The molecule has 0 unspecified atom stereocenters. The van der Waals surface area contributed by atoms with Gasteiger partial charge in [-0.1, -0.05) is 18.5 Å². The van der Waals surface area contributed by atoms with Gasteiger partial charge in [-0.2, -0.15) is 0 Å². The van der Waals surface area contributed by atoms with E-state index in [-0.39, 0.29) is 28.8 Å². The fourth-order valence-corrected chi connectivity index (χ4v) is 1.36. The molecule has 1 amide bonds. The van der Waals surface area contributed by atoms with Crippen LogP contribution in [-0.2, 0) is 4.79 Å². The first-order chi connectivity index (χ1) is 8.04. The number of anilines is 1. The van der Waals surface area contributed by atoms with Crippen molar-refractivity contribution in [3.05, 3.63) is 33.3 Å². The number of nitro groups is 1. The van der Waals surface area contributed by atoms with E-state index < -0.39 is 4.92 Å². The molecule has 0 atom stereocenters. The fraction of sp³-hybridized carbons (Fsp3) is 0.300. The van der Waals surface area contributed by atoms with Crippen molar-refractivity contribution < 1.29 is 9.72 Å². The van der Waals surface area contributed by atoms with Gasteiger partial charge in [0.15, 0.2) is 0 Å². The van der Waals surface area contributed by atoms with Crippen LogP contribution in [0.25, 0.3) is 0 Å². The van der Waals surface area contributed by atoms with Gasteiger partial charge in [0.1, 0.15) is 5.69 Å².